The lowest BCUT2D eigenvalue weighted by molar-refractivity contribution is 0.444. The highest BCUT2D eigenvalue weighted by atomic mass is 35.5. The Bertz CT molecular complexity index is 265. The Hall–Kier alpha value is -0.600. The number of benzene rings is 1. The summed E-state index contributed by atoms with van der Waals surface area (Å²) in [5, 5.41) is 3.75. The first-order chi connectivity index (χ1) is 6.25. The Morgan fingerprint density at radius 2 is 2.15 bits per heavy atom. The maximum Gasteiger partial charge on any atom is 0.102 e. The van der Waals surface area contributed by atoms with Crippen LogP contribution in [-0.4, -0.2) is 13.2 Å². The minimum absolute atomic E-state index is 0.101. The van der Waals surface area contributed by atoms with E-state index in [0.29, 0.717) is 6.54 Å². The molecule has 13 heavy (non-hydrogen) atoms. The monoisotopic (exact) mass is 201 g/mol. The van der Waals surface area contributed by atoms with Gasteiger partial charge < -0.3 is 5.32 Å². The highest BCUT2D eigenvalue weighted by Crippen LogP contribution is 2.21. The number of rotatable bonds is 4. The average Bonchev–Trinajstić information content (AvgIpc) is 2.15. The normalized spacial score (nSPS) is 12.8. The Balaban J connectivity index is 2.65. The van der Waals surface area contributed by atoms with Gasteiger partial charge in [0, 0.05) is 17.6 Å². The summed E-state index contributed by atoms with van der Waals surface area (Å²) in [7, 11) is 0. The first-order valence-electron chi connectivity index (χ1n) is 4.29. The van der Waals surface area contributed by atoms with Crippen LogP contribution in [0, 0.1) is 0 Å². The molecule has 1 rings (SSSR count). The molecule has 1 aromatic rings. The van der Waals surface area contributed by atoms with Crippen LogP contribution in [0.3, 0.4) is 0 Å². The molecule has 0 amide bonds. The van der Waals surface area contributed by atoms with E-state index in [9.17, 15) is 4.39 Å². The minimum atomic E-state index is -0.352. The van der Waals surface area contributed by atoms with E-state index in [-0.39, 0.29) is 12.7 Å². The third-order valence-corrected chi connectivity index (χ3v) is 2.26. The second-order valence-corrected chi connectivity index (χ2v) is 3.29. The van der Waals surface area contributed by atoms with Gasteiger partial charge in [0.15, 0.2) is 0 Å². The van der Waals surface area contributed by atoms with Crippen molar-refractivity contribution in [2.24, 2.45) is 0 Å². The maximum atomic E-state index is 11.9. The molecule has 1 atom stereocenters. The van der Waals surface area contributed by atoms with Crippen LogP contribution >= 0.6 is 11.6 Å². The van der Waals surface area contributed by atoms with Gasteiger partial charge in [-0.25, -0.2) is 4.39 Å². The molecule has 0 spiro atoms. The molecule has 0 aliphatic carbocycles. The second kappa shape index (κ2) is 5.20. The number of halogens is 2. The molecule has 1 N–H and O–H groups in total. The van der Waals surface area contributed by atoms with Gasteiger partial charge in [0.05, 0.1) is 0 Å². The van der Waals surface area contributed by atoms with Crippen molar-refractivity contribution in [1.82, 2.24) is 5.32 Å². The fraction of sp³-hybridized carbons (Fsp3) is 0.400. The van der Waals surface area contributed by atoms with Gasteiger partial charge in [-0.05, 0) is 18.6 Å². The molecule has 0 bridgehead atoms. The van der Waals surface area contributed by atoms with Crippen LogP contribution in [0.5, 0.6) is 0 Å². The second-order valence-electron chi connectivity index (χ2n) is 2.89. The molecule has 1 aromatic carbocycles. The molecule has 3 heteroatoms. The van der Waals surface area contributed by atoms with Crippen LogP contribution in [0.15, 0.2) is 24.3 Å². The Labute approximate surface area is 82.9 Å². The first kappa shape index (κ1) is 10.5. The summed E-state index contributed by atoms with van der Waals surface area (Å²) in [6.07, 6.45) is 0. The van der Waals surface area contributed by atoms with Gasteiger partial charge in [-0.1, -0.05) is 29.8 Å². The minimum Gasteiger partial charge on any atom is -0.308 e. The molecule has 0 aliphatic rings. The fourth-order valence-corrected chi connectivity index (χ4v) is 1.51. The largest absolute Gasteiger partial charge is 0.308 e. The van der Waals surface area contributed by atoms with Crippen molar-refractivity contribution in [3.63, 3.8) is 0 Å². The molecule has 0 aromatic heterocycles. The smallest absolute Gasteiger partial charge is 0.102 e. The standard InChI is InChI=1S/C10H13ClFN/c1-8(13-7-6-12)9-4-2-3-5-10(9)11/h2-5,8,13H,6-7H2,1H3. The van der Waals surface area contributed by atoms with Gasteiger partial charge in [-0.15, -0.1) is 0 Å². The first-order valence-corrected chi connectivity index (χ1v) is 4.67. The molecule has 72 valence electrons. The predicted molar refractivity (Wildman–Crippen MR) is 53.8 cm³/mol. The van der Waals surface area contributed by atoms with Crippen molar-refractivity contribution in [3.05, 3.63) is 34.9 Å². The van der Waals surface area contributed by atoms with Crippen LogP contribution in [0.25, 0.3) is 0 Å². The number of hydrogen-bond donors (Lipinski definition) is 1. The number of nitrogens with one attached hydrogen (secondary N) is 1. The summed E-state index contributed by atoms with van der Waals surface area (Å²) in [5.41, 5.74) is 1.01. The van der Waals surface area contributed by atoms with Crippen LogP contribution in [-0.2, 0) is 0 Å². The van der Waals surface area contributed by atoms with Gasteiger partial charge >= 0.3 is 0 Å². The van der Waals surface area contributed by atoms with Crippen LogP contribution < -0.4 is 5.32 Å². The van der Waals surface area contributed by atoms with Gasteiger partial charge in [-0.2, -0.15) is 0 Å². The fourth-order valence-electron chi connectivity index (χ4n) is 1.21. The molecule has 0 heterocycles. The summed E-state index contributed by atoms with van der Waals surface area (Å²) in [4.78, 5) is 0. The van der Waals surface area contributed by atoms with Gasteiger partial charge in [0.25, 0.3) is 0 Å². The summed E-state index contributed by atoms with van der Waals surface area (Å²) in [5.74, 6) is 0. The maximum absolute atomic E-state index is 11.9. The molecule has 0 fully saturated rings. The van der Waals surface area contributed by atoms with Crippen molar-refractivity contribution < 1.29 is 4.39 Å². The van der Waals surface area contributed by atoms with Crippen LogP contribution in [0.4, 0.5) is 4.39 Å². The van der Waals surface area contributed by atoms with E-state index in [4.69, 9.17) is 11.6 Å². The lowest BCUT2D eigenvalue weighted by atomic mass is 10.1. The quantitative estimate of drug-likeness (QED) is 0.790. The van der Waals surface area contributed by atoms with Crippen molar-refractivity contribution in [2.75, 3.05) is 13.2 Å². The summed E-state index contributed by atoms with van der Waals surface area (Å²) in [6, 6.07) is 7.69. The highest BCUT2D eigenvalue weighted by Gasteiger charge is 2.06. The Morgan fingerprint density at radius 3 is 2.77 bits per heavy atom. The Kier molecular flexibility index (Phi) is 4.19. The zero-order valence-electron chi connectivity index (χ0n) is 7.56. The average molecular weight is 202 g/mol. The topological polar surface area (TPSA) is 12.0 Å². The third-order valence-electron chi connectivity index (χ3n) is 1.92. The summed E-state index contributed by atoms with van der Waals surface area (Å²) < 4.78 is 11.9. The van der Waals surface area contributed by atoms with Crippen molar-refractivity contribution >= 4 is 11.6 Å². The molecule has 0 aliphatic heterocycles. The lowest BCUT2D eigenvalue weighted by Crippen LogP contribution is -2.21. The third kappa shape index (κ3) is 2.98. The van der Waals surface area contributed by atoms with Crippen molar-refractivity contribution in [1.29, 1.82) is 0 Å². The molecule has 1 unspecified atom stereocenters. The molecular formula is C10H13ClFN. The molecular weight excluding hydrogens is 189 g/mol. The molecule has 0 saturated heterocycles. The van der Waals surface area contributed by atoms with E-state index < -0.39 is 0 Å². The van der Waals surface area contributed by atoms with E-state index in [1.165, 1.54) is 0 Å². The van der Waals surface area contributed by atoms with Gasteiger partial charge in [0.1, 0.15) is 6.67 Å². The van der Waals surface area contributed by atoms with E-state index in [1.54, 1.807) is 0 Å². The van der Waals surface area contributed by atoms with E-state index in [2.05, 4.69) is 5.32 Å². The van der Waals surface area contributed by atoms with Crippen molar-refractivity contribution in [2.45, 2.75) is 13.0 Å². The van der Waals surface area contributed by atoms with Crippen LogP contribution in [0.2, 0.25) is 5.02 Å². The van der Waals surface area contributed by atoms with E-state index >= 15 is 0 Å². The lowest BCUT2D eigenvalue weighted by Gasteiger charge is -2.14. The zero-order chi connectivity index (χ0) is 9.68. The Morgan fingerprint density at radius 1 is 1.46 bits per heavy atom. The number of alkyl halides is 1. The molecule has 0 saturated carbocycles. The molecule has 1 nitrogen and oxygen atoms in total. The summed E-state index contributed by atoms with van der Waals surface area (Å²) >= 11 is 5.96. The van der Waals surface area contributed by atoms with E-state index in [1.807, 2.05) is 31.2 Å². The van der Waals surface area contributed by atoms with Gasteiger partial charge in [-0.3, -0.25) is 0 Å². The van der Waals surface area contributed by atoms with Gasteiger partial charge in [0.2, 0.25) is 0 Å². The predicted octanol–water partition coefficient (Wildman–Crippen LogP) is 2.96. The summed E-state index contributed by atoms with van der Waals surface area (Å²) in [6.45, 7) is 1.98. The SMILES string of the molecule is CC(NCCF)c1ccccc1Cl. The number of hydrogen-bond acceptors (Lipinski definition) is 1. The highest BCUT2D eigenvalue weighted by molar-refractivity contribution is 6.31. The van der Waals surface area contributed by atoms with Crippen LogP contribution in [0.1, 0.15) is 18.5 Å². The van der Waals surface area contributed by atoms with E-state index in [0.717, 1.165) is 10.6 Å². The molecule has 0 radical (unpaired) electrons. The van der Waals surface area contributed by atoms with Crippen molar-refractivity contribution in [3.8, 4) is 0 Å². The zero-order valence-corrected chi connectivity index (χ0v) is 8.31.